The molecular formula is C24H35N5O3. The maximum absolute atomic E-state index is 13.3. The Bertz CT molecular complexity index is 1120. The van der Waals surface area contributed by atoms with Gasteiger partial charge in [0.25, 0.3) is 5.56 Å². The summed E-state index contributed by atoms with van der Waals surface area (Å²) in [5.74, 6) is 0.352. The Morgan fingerprint density at radius 3 is 2.34 bits per heavy atom. The highest BCUT2D eigenvalue weighted by atomic mass is 16.2. The summed E-state index contributed by atoms with van der Waals surface area (Å²) in [6, 6.07) is 1.95. The van der Waals surface area contributed by atoms with Crippen LogP contribution in [0.3, 0.4) is 0 Å². The molecule has 0 radical (unpaired) electrons. The van der Waals surface area contributed by atoms with Crippen molar-refractivity contribution in [1.29, 1.82) is 0 Å². The summed E-state index contributed by atoms with van der Waals surface area (Å²) in [5.41, 5.74) is 1.89. The molecule has 0 spiro atoms. The van der Waals surface area contributed by atoms with Crippen molar-refractivity contribution in [1.82, 2.24) is 24.4 Å². The van der Waals surface area contributed by atoms with Gasteiger partial charge in [-0.1, -0.05) is 41.5 Å². The lowest BCUT2D eigenvalue weighted by Crippen LogP contribution is -2.45. The summed E-state index contributed by atoms with van der Waals surface area (Å²) in [7, 11) is 0. The van der Waals surface area contributed by atoms with Crippen LogP contribution in [-0.4, -0.2) is 55.8 Å². The molecule has 32 heavy (non-hydrogen) atoms. The van der Waals surface area contributed by atoms with Crippen LogP contribution in [0.4, 0.5) is 0 Å². The van der Waals surface area contributed by atoms with Gasteiger partial charge in [-0.3, -0.25) is 19.5 Å². The lowest BCUT2D eigenvalue weighted by atomic mass is 9.90. The largest absolute Gasteiger partial charge is 0.342 e. The first kappa shape index (κ1) is 22.6. The lowest BCUT2D eigenvalue weighted by molar-refractivity contribution is -0.141. The fraction of sp³-hybridized carbons (Fsp3) is 0.667. The van der Waals surface area contributed by atoms with Crippen molar-refractivity contribution < 1.29 is 9.59 Å². The topological polar surface area (TPSA) is 90.8 Å². The van der Waals surface area contributed by atoms with Crippen molar-refractivity contribution in [3.63, 3.8) is 0 Å². The van der Waals surface area contributed by atoms with Gasteiger partial charge in [0.05, 0.1) is 17.8 Å². The summed E-state index contributed by atoms with van der Waals surface area (Å²) in [6.45, 7) is 13.8. The number of likely N-dealkylation sites (tertiary alicyclic amines) is 1. The van der Waals surface area contributed by atoms with E-state index in [9.17, 15) is 14.4 Å². The third kappa shape index (κ3) is 4.07. The van der Waals surface area contributed by atoms with Gasteiger partial charge in [-0.15, -0.1) is 0 Å². The van der Waals surface area contributed by atoms with E-state index in [1.54, 1.807) is 4.90 Å². The molecule has 174 valence electrons. The highest BCUT2D eigenvalue weighted by Gasteiger charge is 2.34. The maximum Gasteiger partial charge on any atom is 0.277 e. The third-order valence-electron chi connectivity index (χ3n) is 6.50. The Balaban J connectivity index is 1.62. The zero-order valence-corrected chi connectivity index (χ0v) is 20.1. The highest BCUT2D eigenvalue weighted by molar-refractivity contribution is 5.82. The predicted octanol–water partition coefficient (Wildman–Crippen LogP) is 2.71. The molecule has 0 bridgehead atoms. The van der Waals surface area contributed by atoms with E-state index in [0.717, 1.165) is 30.8 Å². The second-order valence-corrected chi connectivity index (χ2v) is 11.3. The van der Waals surface area contributed by atoms with Gasteiger partial charge in [-0.05, 0) is 12.8 Å². The van der Waals surface area contributed by atoms with Gasteiger partial charge in [0, 0.05) is 54.6 Å². The van der Waals surface area contributed by atoms with E-state index in [4.69, 9.17) is 4.98 Å². The van der Waals surface area contributed by atoms with Crippen molar-refractivity contribution in [2.24, 2.45) is 10.8 Å². The van der Waals surface area contributed by atoms with Gasteiger partial charge >= 0.3 is 0 Å². The van der Waals surface area contributed by atoms with Crippen LogP contribution >= 0.6 is 0 Å². The zero-order valence-electron chi connectivity index (χ0n) is 20.1. The van der Waals surface area contributed by atoms with Crippen LogP contribution in [0.1, 0.15) is 77.3 Å². The van der Waals surface area contributed by atoms with Gasteiger partial charge in [-0.25, -0.2) is 9.50 Å². The van der Waals surface area contributed by atoms with Crippen LogP contribution in [0.25, 0.3) is 5.65 Å². The minimum absolute atomic E-state index is 0.0469. The molecule has 2 aliphatic heterocycles. The van der Waals surface area contributed by atoms with Gasteiger partial charge in [0.1, 0.15) is 0 Å². The smallest absolute Gasteiger partial charge is 0.277 e. The average Bonchev–Trinajstić information content (AvgIpc) is 3.16. The van der Waals surface area contributed by atoms with Crippen LogP contribution in [0.15, 0.2) is 10.9 Å². The van der Waals surface area contributed by atoms with E-state index in [1.807, 2.05) is 52.5 Å². The fourth-order valence-electron chi connectivity index (χ4n) is 4.75. The van der Waals surface area contributed by atoms with Crippen molar-refractivity contribution in [2.75, 3.05) is 19.6 Å². The Kier molecular flexibility index (Phi) is 5.46. The van der Waals surface area contributed by atoms with Crippen molar-refractivity contribution in [3.05, 3.63) is 33.4 Å². The predicted molar refractivity (Wildman–Crippen MR) is 122 cm³/mol. The van der Waals surface area contributed by atoms with E-state index < -0.39 is 10.8 Å². The number of amides is 2. The van der Waals surface area contributed by atoms with Crippen LogP contribution in [0.2, 0.25) is 0 Å². The van der Waals surface area contributed by atoms with Crippen molar-refractivity contribution >= 4 is 17.5 Å². The normalized spacial score (nSPS) is 19.9. The fourth-order valence-corrected chi connectivity index (χ4v) is 4.75. The molecule has 1 atom stereocenters. The molecule has 4 rings (SSSR count). The number of aromatic amines is 1. The van der Waals surface area contributed by atoms with E-state index in [2.05, 4.69) is 5.10 Å². The molecule has 0 aliphatic carbocycles. The number of rotatable bonds is 1. The van der Waals surface area contributed by atoms with Crippen LogP contribution in [-0.2, 0) is 22.6 Å². The first-order valence-electron chi connectivity index (χ1n) is 11.6. The number of fused-ring (bicyclic) bond motifs is 2. The molecule has 1 saturated heterocycles. The third-order valence-corrected chi connectivity index (χ3v) is 6.50. The summed E-state index contributed by atoms with van der Waals surface area (Å²) in [5, 5.41) is 3.26. The monoisotopic (exact) mass is 441 g/mol. The minimum Gasteiger partial charge on any atom is -0.342 e. The number of hydrogen-bond acceptors (Lipinski definition) is 4. The number of carbonyl (C=O) groups excluding carboxylic acids is 2. The first-order valence-corrected chi connectivity index (χ1v) is 11.6. The molecule has 0 aromatic carbocycles. The van der Waals surface area contributed by atoms with E-state index in [1.165, 1.54) is 4.52 Å². The number of piperidine rings is 1. The molecule has 4 heterocycles. The molecule has 2 aromatic rings. The second-order valence-electron chi connectivity index (χ2n) is 11.3. The minimum atomic E-state index is -0.484. The summed E-state index contributed by atoms with van der Waals surface area (Å²) in [6.07, 6.45) is 2.48. The number of H-pyrrole nitrogens is 1. The van der Waals surface area contributed by atoms with Crippen molar-refractivity contribution in [3.8, 4) is 0 Å². The number of hydrogen-bond donors (Lipinski definition) is 1. The Hall–Kier alpha value is -2.64. The maximum atomic E-state index is 13.3. The number of aromatic nitrogens is 3. The Labute approximate surface area is 189 Å². The molecule has 2 amide bonds. The highest BCUT2D eigenvalue weighted by Crippen LogP contribution is 2.30. The standard InChI is InChI=1S/C24H35N5O3/c1-23(2,3)21(31)27-10-7-8-15(13-27)18-12-19-25-17-9-11-28(22(32)24(4,5)6)14-16(17)20(30)29(19)26-18/h12,15,26H,7-11,13-14H2,1-6H3/t15-/m0/s1. The quantitative estimate of drug-likeness (QED) is 0.737. The first-order chi connectivity index (χ1) is 14.9. The number of nitrogens with one attached hydrogen (secondary N) is 1. The zero-order chi connectivity index (χ0) is 23.4. The molecule has 8 heteroatoms. The molecule has 1 fully saturated rings. The van der Waals surface area contributed by atoms with E-state index in [-0.39, 0.29) is 23.3 Å². The number of carbonyl (C=O) groups is 2. The van der Waals surface area contributed by atoms with Crippen LogP contribution in [0.5, 0.6) is 0 Å². The summed E-state index contributed by atoms with van der Waals surface area (Å²) < 4.78 is 1.50. The SMILES string of the molecule is CC(C)(C)C(=O)N1CCc2nc3cc([C@H]4CCCN(C(=O)C(C)(C)C)C4)[nH]n3c(=O)c2C1. The van der Waals surface area contributed by atoms with Gasteiger partial charge < -0.3 is 9.80 Å². The molecule has 0 saturated carbocycles. The molecular weight excluding hydrogens is 406 g/mol. The molecule has 2 aliphatic rings. The summed E-state index contributed by atoms with van der Waals surface area (Å²) >= 11 is 0. The lowest BCUT2D eigenvalue weighted by Gasteiger charge is -2.36. The van der Waals surface area contributed by atoms with Gasteiger partial charge in [0.2, 0.25) is 11.8 Å². The van der Waals surface area contributed by atoms with E-state index >= 15 is 0 Å². The Morgan fingerprint density at radius 1 is 1.03 bits per heavy atom. The van der Waals surface area contributed by atoms with Crippen molar-refractivity contribution in [2.45, 2.75) is 73.3 Å². The van der Waals surface area contributed by atoms with E-state index in [0.29, 0.717) is 37.3 Å². The summed E-state index contributed by atoms with van der Waals surface area (Å²) in [4.78, 5) is 47.2. The molecule has 2 aromatic heterocycles. The second kappa shape index (κ2) is 7.74. The Morgan fingerprint density at radius 2 is 1.69 bits per heavy atom. The average molecular weight is 442 g/mol. The van der Waals surface area contributed by atoms with Crippen LogP contribution < -0.4 is 5.56 Å². The van der Waals surface area contributed by atoms with Gasteiger partial charge in [0.15, 0.2) is 5.65 Å². The molecule has 1 N–H and O–H groups in total. The van der Waals surface area contributed by atoms with Gasteiger partial charge in [-0.2, -0.15) is 0 Å². The van der Waals surface area contributed by atoms with Crippen LogP contribution in [0, 0.1) is 10.8 Å². The molecule has 0 unspecified atom stereocenters. The molecule has 8 nitrogen and oxygen atoms in total. The number of nitrogens with zero attached hydrogens (tertiary/aromatic N) is 4.